The van der Waals surface area contributed by atoms with Crippen molar-refractivity contribution in [2.75, 3.05) is 5.75 Å². The number of carbonyl (C=O) groups excluding carboxylic acids is 1. The number of benzene rings is 2. The van der Waals surface area contributed by atoms with Crippen molar-refractivity contribution in [1.29, 1.82) is 0 Å². The number of Topliss-reactive ketones (excluding diaryl/α,β-unsaturated/α-hetero) is 1. The Balaban J connectivity index is 1.56. The number of halogens is 1. The van der Waals surface area contributed by atoms with Crippen LogP contribution in [0.2, 0.25) is 0 Å². The van der Waals surface area contributed by atoms with Crippen molar-refractivity contribution in [1.82, 2.24) is 14.8 Å². The van der Waals surface area contributed by atoms with Crippen molar-refractivity contribution < 1.29 is 4.79 Å². The SMILES string of the molecule is CCn1c(CSCc2ccc(C)cc2)nnc1SCC(=O)c1ccc(Br)cc1. The molecule has 1 heterocycles. The summed E-state index contributed by atoms with van der Waals surface area (Å²) in [6.45, 7) is 4.97. The quantitative estimate of drug-likeness (QED) is 0.290. The summed E-state index contributed by atoms with van der Waals surface area (Å²) in [6, 6.07) is 16.1. The van der Waals surface area contributed by atoms with Crippen LogP contribution in [-0.4, -0.2) is 26.3 Å². The highest BCUT2D eigenvalue weighted by molar-refractivity contribution is 9.10. The van der Waals surface area contributed by atoms with Crippen molar-refractivity contribution in [3.05, 3.63) is 75.5 Å². The molecule has 0 saturated heterocycles. The third-order valence-corrected chi connectivity index (χ3v) is 6.72. The van der Waals surface area contributed by atoms with E-state index in [1.807, 2.05) is 36.0 Å². The van der Waals surface area contributed by atoms with Crippen LogP contribution in [0.1, 0.15) is 34.2 Å². The van der Waals surface area contributed by atoms with E-state index in [0.717, 1.165) is 33.5 Å². The first-order valence-corrected chi connectivity index (χ1v) is 12.0. The summed E-state index contributed by atoms with van der Waals surface area (Å²) in [4.78, 5) is 12.4. The molecular weight excluding hydrogens is 454 g/mol. The van der Waals surface area contributed by atoms with Crippen LogP contribution >= 0.6 is 39.5 Å². The van der Waals surface area contributed by atoms with E-state index in [-0.39, 0.29) is 5.78 Å². The van der Waals surface area contributed by atoms with Gasteiger partial charge in [0.05, 0.1) is 11.5 Å². The van der Waals surface area contributed by atoms with E-state index in [2.05, 4.69) is 68.8 Å². The Bertz CT molecular complexity index is 924. The highest BCUT2D eigenvalue weighted by Gasteiger charge is 2.14. The molecule has 0 N–H and O–H groups in total. The standard InChI is InChI=1S/C21H22BrN3OS2/c1-3-25-20(14-27-12-16-6-4-15(2)5-7-16)23-24-21(25)28-13-19(26)17-8-10-18(22)11-9-17/h4-11H,3,12-14H2,1-2H3. The van der Waals surface area contributed by atoms with Crippen molar-refractivity contribution in [3.63, 3.8) is 0 Å². The molecule has 7 heteroatoms. The second-order valence-corrected chi connectivity index (χ2v) is 9.18. The van der Waals surface area contributed by atoms with Gasteiger partial charge in [0.15, 0.2) is 10.9 Å². The molecule has 0 bridgehead atoms. The molecule has 0 unspecified atom stereocenters. The number of aryl methyl sites for hydroxylation is 1. The van der Waals surface area contributed by atoms with Gasteiger partial charge in [-0.25, -0.2) is 0 Å². The van der Waals surface area contributed by atoms with Crippen LogP contribution in [0.3, 0.4) is 0 Å². The molecule has 0 spiro atoms. The van der Waals surface area contributed by atoms with Crippen molar-refractivity contribution in [2.45, 2.75) is 37.1 Å². The molecule has 0 atom stereocenters. The number of rotatable bonds is 9. The van der Waals surface area contributed by atoms with E-state index in [1.165, 1.54) is 22.9 Å². The summed E-state index contributed by atoms with van der Waals surface area (Å²) >= 11 is 6.67. The van der Waals surface area contributed by atoms with E-state index in [4.69, 9.17) is 0 Å². The molecule has 0 aliphatic carbocycles. The van der Waals surface area contributed by atoms with Crippen LogP contribution in [0.15, 0.2) is 58.2 Å². The Kier molecular flexibility index (Phi) is 7.76. The van der Waals surface area contributed by atoms with Crippen LogP contribution < -0.4 is 0 Å². The predicted octanol–water partition coefficient (Wildman–Crippen LogP) is 5.78. The summed E-state index contributed by atoms with van der Waals surface area (Å²) in [5, 5.41) is 9.46. The lowest BCUT2D eigenvalue weighted by atomic mass is 10.2. The average Bonchev–Trinajstić information content (AvgIpc) is 3.10. The molecule has 4 nitrogen and oxygen atoms in total. The first kappa shape index (κ1) is 21.1. The Morgan fingerprint density at radius 1 is 1.04 bits per heavy atom. The average molecular weight is 476 g/mol. The zero-order valence-electron chi connectivity index (χ0n) is 15.9. The topological polar surface area (TPSA) is 47.8 Å². The molecule has 3 rings (SSSR count). The third kappa shape index (κ3) is 5.72. The molecule has 1 aromatic heterocycles. The lowest BCUT2D eigenvalue weighted by Gasteiger charge is -2.07. The maximum Gasteiger partial charge on any atom is 0.191 e. The zero-order valence-corrected chi connectivity index (χ0v) is 19.1. The third-order valence-electron chi connectivity index (χ3n) is 4.23. The second-order valence-electron chi connectivity index (χ2n) is 6.34. The number of nitrogens with zero attached hydrogens (tertiary/aromatic N) is 3. The number of thioether (sulfide) groups is 2. The van der Waals surface area contributed by atoms with Gasteiger partial charge >= 0.3 is 0 Å². The van der Waals surface area contributed by atoms with E-state index in [0.29, 0.717) is 11.3 Å². The molecular formula is C21H22BrN3OS2. The smallest absolute Gasteiger partial charge is 0.191 e. The molecule has 0 saturated carbocycles. The van der Waals surface area contributed by atoms with Gasteiger partial charge in [0, 0.05) is 22.3 Å². The van der Waals surface area contributed by atoms with Gasteiger partial charge in [0.2, 0.25) is 0 Å². The van der Waals surface area contributed by atoms with E-state index < -0.39 is 0 Å². The van der Waals surface area contributed by atoms with E-state index in [1.54, 1.807) is 0 Å². The number of hydrogen-bond donors (Lipinski definition) is 0. The van der Waals surface area contributed by atoms with Gasteiger partial charge in [0.1, 0.15) is 5.82 Å². The van der Waals surface area contributed by atoms with Crippen LogP contribution in [0, 0.1) is 6.92 Å². The fraction of sp³-hybridized carbons (Fsp3) is 0.286. The van der Waals surface area contributed by atoms with E-state index >= 15 is 0 Å². The van der Waals surface area contributed by atoms with Gasteiger partial charge in [-0.05, 0) is 31.5 Å². The van der Waals surface area contributed by atoms with Crippen LogP contribution in [-0.2, 0) is 18.1 Å². The Morgan fingerprint density at radius 2 is 1.75 bits per heavy atom. The maximum absolute atomic E-state index is 12.4. The molecule has 146 valence electrons. The summed E-state index contributed by atoms with van der Waals surface area (Å²) in [6.07, 6.45) is 0. The second kappa shape index (κ2) is 10.3. The lowest BCUT2D eigenvalue weighted by molar-refractivity contribution is 0.102. The first-order valence-electron chi connectivity index (χ1n) is 9.03. The van der Waals surface area contributed by atoms with Gasteiger partial charge in [0.25, 0.3) is 0 Å². The molecule has 0 radical (unpaired) electrons. The van der Waals surface area contributed by atoms with Crippen molar-refractivity contribution >= 4 is 45.2 Å². The molecule has 3 aromatic rings. The van der Waals surface area contributed by atoms with Crippen molar-refractivity contribution in [3.8, 4) is 0 Å². The monoisotopic (exact) mass is 475 g/mol. The van der Waals surface area contributed by atoms with Crippen LogP contribution in [0.25, 0.3) is 0 Å². The molecule has 28 heavy (non-hydrogen) atoms. The summed E-state index contributed by atoms with van der Waals surface area (Å²) in [5.41, 5.74) is 3.30. The molecule has 2 aromatic carbocycles. The van der Waals surface area contributed by atoms with Gasteiger partial charge in [-0.1, -0.05) is 69.7 Å². The highest BCUT2D eigenvalue weighted by Crippen LogP contribution is 2.23. The van der Waals surface area contributed by atoms with Gasteiger partial charge in [-0.15, -0.1) is 22.0 Å². The predicted molar refractivity (Wildman–Crippen MR) is 121 cm³/mol. The fourth-order valence-electron chi connectivity index (χ4n) is 2.64. The zero-order chi connectivity index (χ0) is 19.9. The van der Waals surface area contributed by atoms with Gasteiger partial charge in [-0.3, -0.25) is 4.79 Å². The minimum absolute atomic E-state index is 0.0958. The first-order chi connectivity index (χ1) is 13.6. The van der Waals surface area contributed by atoms with Crippen LogP contribution in [0.5, 0.6) is 0 Å². The van der Waals surface area contributed by atoms with Gasteiger partial charge in [-0.2, -0.15) is 0 Å². The van der Waals surface area contributed by atoms with Gasteiger partial charge < -0.3 is 4.57 Å². The van der Waals surface area contributed by atoms with Crippen molar-refractivity contribution in [2.24, 2.45) is 0 Å². The maximum atomic E-state index is 12.4. The molecule has 0 fully saturated rings. The number of aromatic nitrogens is 3. The Hall–Kier alpha value is -1.57. The van der Waals surface area contributed by atoms with E-state index in [9.17, 15) is 4.79 Å². The molecule has 0 aliphatic heterocycles. The Morgan fingerprint density at radius 3 is 2.43 bits per heavy atom. The minimum atomic E-state index is 0.0958. The number of hydrogen-bond acceptors (Lipinski definition) is 5. The summed E-state index contributed by atoms with van der Waals surface area (Å²) in [7, 11) is 0. The largest absolute Gasteiger partial charge is 0.306 e. The normalized spacial score (nSPS) is 11.0. The summed E-state index contributed by atoms with van der Waals surface area (Å²) < 4.78 is 3.07. The minimum Gasteiger partial charge on any atom is -0.306 e. The fourth-order valence-corrected chi connectivity index (χ4v) is 4.75. The highest BCUT2D eigenvalue weighted by atomic mass is 79.9. The molecule has 0 aliphatic rings. The molecule has 0 amide bonds. The van der Waals surface area contributed by atoms with Crippen LogP contribution in [0.4, 0.5) is 0 Å². The summed E-state index contributed by atoms with van der Waals surface area (Å²) in [5.74, 6) is 3.16. The Labute approximate surface area is 182 Å². The lowest BCUT2D eigenvalue weighted by Crippen LogP contribution is -2.06. The number of ketones is 1. The number of carbonyl (C=O) groups is 1.